The molecule has 5 rings (SSSR count). The van der Waals surface area contributed by atoms with E-state index in [1.165, 1.54) is 36.0 Å². The van der Waals surface area contributed by atoms with Gasteiger partial charge in [0, 0.05) is 29.9 Å². The first-order valence-corrected chi connectivity index (χ1v) is 13.8. The van der Waals surface area contributed by atoms with E-state index in [4.69, 9.17) is 9.47 Å². The van der Waals surface area contributed by atoms with Gasteiger partial charge in [-0.2, -0.15) is 0 Å². The van der Waals surface area contributed by atoms with Crippen molar-refractivity contribution >= 4 is 34.6 Å². The van der Waals surface area contributed by atoms with Crippen LogP contribution in [0.5, 0.6) is 0 Å². The van der Waals surface area contributed by atoms with Crippen molar-refractivity contribution in [2.24, 2.45) is 11.8 Å². The van der Waals surface area contributed by atoms with E-state index in [9.17, 15) is 33.8 Å². The van der Waals surface area contributed by atoms with Crippen molar-refractivity contribution in [3.63, 3.8) is 0 Å². The van der Waals surface area contributed by atoms with Gasteiger partial charge in [-0.3, -0.25) is 19.2 Å². The van der Waals surface area contributed by atoms with E-state index in [2.05, 4.69) is 15.6 Å². The number of carbonyl (C=O) groups excluding carboxylic acids is 2. The molecule has 1 fully saturated rings. The first-order valence-electron chi connectivity index (χ1n) is 13.8. The average Bonchev–Trinajstić information content (AvgIpc) is 3.47. The number of rotatable bonds is 10. The summed E-state index contributed by atoms with van der Waals surface area (Å²) >= 11 is 0. The molecule has 1 aliphatic heterocycles. The second kappa shape index (κ2) is 13.0. The molecular formula is C31H29FN4O8. The average molecular weight is 605 g/mol. The van der Waals surface area contributed by atoms with E-state index in [1.807, 2.05) is 24.3 Å². The van der Waals surface area contributed by atoms with Crippen LogP contribution in [0.25, 0.3) is 22.0 Å². The van der Waals surface area contributed by atoms with Crippen molar-refractivity contribution < 1.29 is 43.3 Å². The standard InChI is InChI=1S/C31H29FN4O8/c1-17(37)43-16-26-23(13-27(38)39)29(36-15-25(34-35-36)20-7-4-8-22(32)12-20)24(14-28(40)41)31(44-26)33-30(42)21-10-9-18-5-2-3-6-19(18)11-21/h2-12,15,23-24,26,29,31H,13-14,16H2,1H3,(H,33,42)(H,38,39)(H,40,41)/t23-,24+,26-,29-,31?/m0/s1. The fourth-order valence-electron chi connectivity index (χ4n) is 5.63. The Balaban J connectivity index is 1.55. The molecule has 1 unspecified atom stereocenters. The zero-order chi connectivity index (χ0) is 31.4. The lowest BCUT2D eigenvalue weighted by atomic mass is 9.77. The van der Waals surface area contributed by atoms with Crippen LogP contribution < -0.4 is 5.32 Å². The summed E-state index contributed by atoms with van der Waals surface area (Å²) in [5.74, 6) is -6.16. The number of hydrogen-bond donors (Lipinski definition) is 3. The highest BCUT2D eigenvalue weighted by molar-refractivity contribution is 5.98. The third kappa shape index (κ3) is 6.89. The van der Waals surface area contributed by atoms with Gasteiger partial charge in [-0.05, 0) is 35.0 Å². The summed E-state index contributed by atoms with van der Waals surface area (Å²) in [6.45, 7) is 0.818. The predicted molar refractivity (Wildman–Crippen MR) is 153 cm³/mol. The minimum absolute atomic E-state index is 0.257. The maximum absolute atomic E-state index is 13.9. The fourth-order valence-corrected chi connectivity index (χ4v) is 5.63. The molecule has 13 heteroatoms. The Kier molecular flexibility index (Phi) is 8.95. The first kappa shape index (κ1) is 30.3. The summed E-state index contributed by atoms with van der Waals surface area (Å²) in [5, 5.41) is 32.5. The predicted octanol–water partition coefficient (Wildman–Crippen LogP) is 3.68. The maximum atomic E-state index is 13.9. The smallest absolute Gasteiger partial charge is 0.303 e. The second-order valence-corrected chi connectivity index (χ2v) is 10.5. The van der Waals surface area contributed by atoms with Gasteiger partial charge in [0.05, 0.1) is 31.2 Å². The van der Waals surface area contributed by atoms with Gasteiger partial charge >= 0.3 is 17.9 Å². The van der Waals surface area contributed by atoms with Gasteiger partial charge in [-0.25, -0.2) is 9.07 Å². The van der Waals surface area contributed by atoms with Crippen LogP contribution in [0.4, 0.5) is 4.39 Å². The number of aromatic nitrogens is 3. The number of carboxylic acid groups (broad SMARTS) is 2. The third-order valence-corrected chi connectivity index (χ3v) is 7.56. The molecule has 3 aromatic carbocycles. The lowest BCUT2D eigenvalue weighted by Gasteiger charge is -2.46. The Labute approximate surface area is 250 Å². The molecule has 3 N–H and O–H groups in total. The van der Waals surface area contributed by atoms with Gasteiger partial charge < -0.3 is 25.0 Å². The van der Waals surface area contributed by atoms with Crippen LogP contribution >= 0.6 is 0 Å². The highest BCUT2D eigenvalue weighted by Gasteiger charge is 2.49. The van der Waals surface area contributed by atoms with E-state index >= 15 is 0 Å². The molecule has 0 bridgehead atoms. The highest BCUT2D eigenvalue weighted by atomic mass is 19.1. The molecular weight excluding hydrogens is 575 g/mol. The van der Waals surface area contributed by atoms with Gasteiger partial charge in [0.2, 0.25) is 0 Å². The minimum Gasteiger partial charge on any atom is -0.481 e. The van der Waals surface area contributed by atoms with Gasteiger partial charge in [-0.1, -0.05) is 47.7 Å². The highest BCUT2D eigenvalue weighted by Crippen LogP contribution is 2.42. The van der Waals surface area contributed by atoms with Crippen LogP contribution in [0.2, 0.25) is 0 Å². The fraction of sp³-hybridized carbons (Fsp3) is 0.290. The van der Waals surface area contributed by atoms with Crippen molar-refractivity contribution in [2.45, 2.75) is 38.1 Å². The van der Waals surface area contributed by atoms with Gasteiger partial charge in [0.1, 0.15) is 24.3 Å². The molecule has 228 valence electrons. The Hall–Kier alpha value is -5.17. The topological polar surface area (TPSA) is 170 Å². The third-order valence-electron chi connectivity index (χ3n) is 7.56. The Morgan fingerprint density at radius 2 is 1.68 bits per heavy atom. The van der Waals surface area contributed by atoms with Crippen LogP contribution in [-0.2, 0) is 23.9 Å². The zero-order valence-electron chi connectivity index (χ0n) is 23.5. The maximum Gasteiger partial charge on any atom is 0.303 e. The quantitative estimate of drug-likeness (QED) is 0.227. The first-order chi connectivity index (χ1) is 21.1. The molecule has 1 aromatic heterocycles. The summed E-state index contributed by atoms with van der Waals surface area (Å²) in [7, 11) is 0. The van der Waals surface area contributed by atoms with E-state index < -0.39 is 72.7 Å². The van der Waals surface area contributed by atoms with Crippen LogP contribution in [0, 0.1) is 17.7 Å². The van der Waals surface area contributed by atoms with Crippen LogP contribution in [0.1, 0.15) is 36.2 Å². The number of benzene rings is 3. The van der Waals surface area contributed by atoms with E-state index in [1.54, 1.807) is 24.3 Å². The van der Waals surface area contributed by atoms with Gasteiger partial charge in [-0.15, -0.1) is 5.10 Å². The molecule has 44 heavy (non-hydrogen) atoms. The number of fused-ring (bicyclic) bond motifs is 1. The van der Waals surface area contributed by atoms with Gasteiger partial charge in [0.15, 0.2) is 0 Å². The summed E-state index contributed by atoms with van der Waals surface area (Å²) < 4.78 is 26.6. The molecule has 1 amide bonds. The van der Waals surface area contributed by atoms with Gasteiger partial charge in [0.25, 0.3) is 5.91 Å². The minimum atomic E-state index is -1.26. The molecule has 4 aromatic rings. The number of amides is 1. The molecule has 5 atom stereocenters. The molecule has 1 aliphatic rings. The number of carboxylic acids is 2. The second-order valence-electron chi connectivity index (χ2n) is 10.5. The van der Waals surface area contributed by atoms with E-state index in [0.29, 0.717) is 5.56 Å². The van der Waals surface area contributed by atoms with Crippen molar-refractivity contribution in [2.75, 3.05) is 6.61 Å². The number of nitrogens with one attached hydrogen (secondary N) is 1. The van der Waals surface area contributed by atoms with E-state index in [-0.39, 0.29) is 17.9 Å². The number of nitrogens with zero attached hydrogens (tertiary/aromatic N) is 3. The number of ether oxygens (including phenoxy) is 2. The summed E-state index contributed by atoms with van der Waals surface area (Å²) in [6.07, 6.45) is -1.93. The number of halogens is 1. The van der Waals surface area contributed by atoms with Crippen LogP contribution in [-0.4, -0.2) is 68.0 Å². The number of hydrogen-bond acceptors (Lipinski definition) is 8. The summed E-state index contributed by atoms with van der Waals surface area (Å²) in [5.41, 5.74) is 0.939. The summed E-state index contributed by atoms with van der Waals surface area (Å²) in [4.78, 5) is 49.4. The zero-order valence-corrected chi connectivity index (χ0v) is 23.5. The molecule has 0 spiro atoms. The van der Waals surface area contributed by atoms with Crippen molar-refractivity contribution in [3.05, 3.63) is 84.3 Å². The normalized spacial score (nSPS) is 21.5. The summed E-state index contributed by atoms with van der Waals surface area (Å²) in [6, 6.07) is 17.1. The largest absolute Gasteiger partial charge is 0.481 e. The van der Waals surface area contributed by atoms with Crippen molar-refractivity contribution in [1.29, 1.82) is 0 Å². The molecule has 0 radical (unpaired) electrons. The van der Waals surface area contributed by atoms with E-state index in [0.717, 1.165) is 10.8 Å². The molecule has 1 saturated heterocycles. The van der Waals surface area contributed by atoms with Crippen molar-refractivity contribution in [3.8, 4) is 11.3 Å². The van der Waals surface area contributed by atoms with Crippen LogP contribution in [0.3, 0.4) is 0 Å². The number of carbonyl (C=O) groups is 4. The Bertz CT molecular complexity index is 1710. The molecule has 12 nitrogen and oxygen atoms in total. The lowest BCUT2D eigenvalue weighted by molar-refractivity contribution is -0.186. The number of esters is 1. The SMILES string of the molecule is CC(=O)OC[C@@H]1OC(NC(=O)c2ccc3ccccc3c2)[C@H](CC(=O)O)[C@@H](n2cc(-c3cccc(F)c3)nn2)[C@H]1CC(=O)O. The number of aliphatic carboxylic acids is 2. The monoisotopic (exact) mass is 604 g/mol. The molecule has 2 heterocycles. The molecule has 0 aliphatic carbocycles. The van der Waals surface area contributed by atoms with Crippen LogP contribution in [0.15, 0.2) is 72.9 Å². The Morgan fingerprint density at radius 1 is 0.955 bits per heavy atom. The Morgan fingerprint density at radius 3 is 2.39 bits per heavy atom. The lowest BCUT2D eigenvalue weighted by Crippen LogP contribution is -2.57. The molecule has 0 saturated carbocycles. The van der Waals surface area contributed by atoms with Crippen molar-refractivity contribution in [1.82, 2.24) is 20.3 Å².